The number of hydrogen-bond acceptors (Lipinski definition) is 16. The molecule has 3 rings (SSSR count). The number of amides is 8. The number of benzene rings is 3. The van der Waals surface area contributed by atoms with Gasteiger partial charge >= 0.3 is 11.9 Å². The molecule has 0 unspecified atom stereocenters. The van der Waals surface area contributed by atoms with Crippen molar-refractivity contribution in [3.05, 3.63) is 102 Å². The van der Waals surface area contributed by atoms with Crippen LogP contribution < -0.4 is 82.7 Å². The molecule has 0 heterocycles. The maximum atomic E-state index is 14.7. The van der Waals surface area contributed by atoms with Crippen LogP contribution in [0.3, 0.4) is 0 Å². The number of carboxylic acids is 2. The molecule has 0 fully saturated rings. The Morgan fingerprint density at radius 1 is 0.420 bits per heavy atom. The zero-order valence-corrected chi connectivity index (χ0v) is 48.6. The number of phenols is 1. The number of nitrogens with two attached hydrogens (primary N) is 7. The van der Waals surface area contributed by atoms with Crippen LogP contribution in [0.2, 0.25) is 0 Å². The summed E-state index contributed by atoms with van der Waals surface area (Å²) in [7, 11) is 0. The van der Waals surface area contributed by atoms with Crippen molar-refractivity contribution in [2.24, 2.45) is 55.1 Å². The molecule has 0 aliphatic heterocycles. The van der Waals surface area contributed by atoms with Crippen molar-refractivity contribution < 1.29 is 68.4 Å². The van der Waals surface area contributed by atoms with Gasteiger partial charge in [-0.25, -0.2) is 4.79 Å². The highest BCUT2D eigenvalue weighted by atomic mass is 16.4. The van der Waals surface area contributed by atoms with Gasteiger partial charge in [0.2, 0.25) is 47.3 Å². The molecule has 8 amide bonds. The molecular formula is C56H82N18O14. The van der Waals surface area contributed by atoms with E-state index in [4.69, 9.17) is 40.1 Å². The average Bonchev–Trinajstić information content (AvgIpc) is 3.69. The van der Waals surface area contributed by atoms with E-state index in [1.54, 1.807) is 60.7 Å². The average molecular weight is 1230 g/mol. The van der Waals surface area contributed by atoms with Crippen molar-refractivity contribution in [3.8, 4) is 5.75 Å². The van der Waals surface area contributed by atoms with Crippen molar-refractivity contribution in [1.29, 1.82) is 0 Å². The summed E-state index contributed by atoms with van der Waals surface area (Å²) in [5.74, 6) is -11.4. The molecule has 0 radical (unpaired) electrons. The third kappa shape index (κ3) is 27.7. The Labute approximate surface area is 507 Å². The number of rotatable bonds is 39. The number of aliphatic carboxylic acids is 2. The van der Waals surface area contributed by atoms with Crippen LogP contribution in [0.4, 0.5) is 0 Å². The van der Waals surface area contributed by atoms with Gasteiger partial charge in [0.05, 0.1) is 12.6 Å². The third-order valence-corrected chi connectivity index (χ3v) is 13.1. The predicted molar refractivity (Wildman–Crippen MR) is 323 cm³/mol. The Kier molecular flexibility index (Phi) is 31.2. The zero-order valence-electron chi connectivity index (χ0n) is 48.6. The molecule has 88 heavy (non-hydrogen) atoms. The van der Waals surface area contributed by atoms with E-state index >= 15 is 0 Å². The molecule has 480 valence electrons. The highest BCUT2D eigenvalue weighted by Crippen LogP contribution is 2.14. The first-order valence-electron chi connectivity index (χ1n) is 28.0. The molecular weight excluding hydrogens is 1150 g/mol. The van der Waals surface area contributed by atoms with E-state index in [-0.39, 0.29) is 101 Å². The second kappa shape index (κ2) is 38.0. The number of aliphatic imine (C=N–C) groups is 3. The zero-order chi connectivity index (χ0) is 65.3. The van der Waals surface area contributed by atoms with E-state index in [2.05, 4.69) is 57.5 Å². The lowest BCUT2D eigenvalue weighted by atomic mass is 10.0. The molecule has 3 aromatic rings. The lowest BCUT2D eigenvalue weighted by Crippen LogP contribution is -2.60. The number of nitrogens with one attached hydrogen (secondary N) is 8. The van der Waals surface area contributed by atoms with E-state index in [1.807, 2.05) is 0 Å². The molecule has 0 spiro atoms. The number of phenolic OH excluding ortho intramolecular Hbond substituents is 1. The monoisotopic (exact) mass is 1230 g/mol. The summed E-state index contributed by atoms with van der Waals surface area (Å²) in [6, 6.07) is 9.17. The van der Waals surface area contributed by atoms with Crippen molar-refractivity contribution in [3.63, 3.8) is 0 Å². The summed E-state index contributed by atoms with van der Waals surface area (Å²) in [5.41, 5.74) is 41.1. The topological polar surface area (TPSA) is 567 Å². The van der Waals surface area contributed by atoms with Gasteiger partial charge in [0.1, 0.15) is 54.1 Å². The van der Waals surface area contributed by atoms with E-state index < -0.39 is 133 Å². The van der Waals surface area contributed by atoms with Crippen LogP contribution in [0, 0.1) is 0 Å². The van der Waals surface area contributed by atoms with Gasteiger partial charge in [0.15, 0.2) is 17.9 Å². The molecule has 9 atom stereocenters. The predicted octanol–water partition coefficient (Wildman–Crippen LogP) is -5.25. The highest BCUT2D eigenvalue weighted by Gasteiger charge is 2.35. The molecule has 3 aromatic carbocycles. The second-order valence-corrected chi connectivity index (χ2v) is 20.3. The number of hydrogen-bond donors (Lipinski definition) is 19. The maximum Gasteiger partial charge on any atom is 0.328 e. The largest absolute Gasteiger partial charge is 0.508 e. The van der Waals surface area contributed by atoms with E-state index in [1.165, 1.54) is 31.2 Å². The Balaban J connectivity index is 2.01. The van der Waals surface area contributed by atoms with Gasteiger partial charge in [-0.15, -0.1) is 0 Å². The quantitative estimate of drug-likeness (QED) is 0.0144. The van der Waals surface area contributed by atoms with Gasteiger partial charge in [0, 0.05) is 38.9 Å². The van der Waals surface area contributed by atoms with Crippen LogP contribution in [0.25, 0.3) is 0 Å². The van der Waals surface area contributed by atoms with Gasteiger partial charge in [-0.2, -0.15) is 0 Å². The Hall–Kier alpha value is -10.1. The number of guanidine groups is 3. The van der Waals surface area contributed by atoms with Crippen molar-refractivity contribution in [1.82, 2.24) is 42.5 Å². The number of aliphatic hydroxyl groups excluding tert-OH is 1. The maximum absolute atomic E-state index is 14.7. The summed E-state index contributed by atoms with van der Waals surface area (Å²) in [6.45, 7) is 0.174. The smallest absolute Gasteiger partial charge is 0.328 e. The summed E-state index contributed by atoms with van der Waals surface area (Å²) in [5, 5.41) is 58.8. The van der Waals surface area contributed by atoms with Crippen LogP contribution in [0.15, 0.2) is 99.9 Å². The van der Waals surface area contributed by atoms with Gasteiger partial charge < -0.3 is 103 Å². The number of carbonyl (C=O) groups excluding carboxylic acids is 8. The number of aliphatic hydroxyl groups is 1. The van der Waals surface area contributed by atoms with Crippen LogP contribution in [0.1, 0.15) is 75.0 Å². The van der Waals surface area contributed by atoms with Gasteiger partial charge in [-0.1, -0.05) is 72.8 Å². The van der Waals surface area contributed by atoms with Crippen LogP contribution in [-0.4, -0.2) is 178 Å². The summed E-state index contributed by atoms with van der Waals surface area (Å²) in [4.78, 5) is 148. The van der Waals surface area contributed by atoms with Gasteiger partial charge in [0.25, 0.3) is 0 Å². The van der Waals surface area contributed by atoms with Crippen LogP contribution in [-0.2, 0) is 67.2 Å². The Morgan fingerprint density at radius 3 is 1.14 bits per heavy atom. The molecule has 32 heteroatoms. The molecule has 0 aliphatic carbocycles. The van der Waals surface area contributed by atoms with Crippen molar-refractivity contribution in [2.45, 2.75) is 132 Å². The summed E-state index contributed by atoms with van der Waals surface area (Å²) >= 11 is 0. The number of aromatic hydroxyl groups is 1. The Morgan fingerprint density at radius 2 is 0.750 bits per heavy atom. The SMILES string of the molecule is C[C@H](NC(=O)[C@H](CCCN=C(N)N)NC(=O)[C@H](CCCN=C(N)N)NC(=O)[C@H](Cc1ccc(O)cc1)NC(=O)[C@H](CCCN=C(N)N)NC(=O)[C@H](CCC(=O)O)NC(=O)[C@@H](N)Cc1ccccc1)C(=O)N[C@@H](Cc1ccccc1)C(=O)N[C@@H](CO)C(=O)O. The lowest BCUT2D eigenvalue weighted by Gasteiger charge is -2.28. The molecule has 0 aromatic heterocycles. The van der Waals surface area contributed by atoms with Crippen LogP contribution >= 0.6 is 0 Å². The normalized spacial score (nSPS) is 13.9. The minimum absolute atomic E-state index is 0.0346. The minimum atomic E-state index is -1.71. The standard InChI is InChI=1S/C56H82N18O14/c1-31(45(79)72-41(28-33-13-6-3-7-14-33)52(86)74-43(30-75)53(87)88)67-47(81)37(15-8-24-64-54(58)59)69-48(82)38(16-9-25-65-55(60)61)71-51(85)42(29-34-18-20-35(76)21-19-34)73-49(83)39(17-10-26-66-56(62)63)70-50(84)40(22-23-44(77)78)68-46(80)36(57)27-32-11-4-2-5-12-32/h2-7,11-14,18-21,31,36-43,75-76H,8-10,15-17,22-30,57H2,1H3,(H,67,81)(H,68,80)(H,69,82)(H,70,84)(H,71,85)(H,72,79)(H,73,83)(H,74,86)(H,77,78)(H,87,88)(H4,58,59,64)(H4,60,61,65)(H4,62,63,66)/t31-,36-,37-,38-,39-,40-,41-,42-,43-/m0/s1. The fourth-order valence-electron chi connectivity index (χ4n) is 8.45. The molecule has 32 nitrogen and oxygen atoms in total. The van der Waals surface area contributed by atoms with Gasteiger partial charge in [-0.05, 0) is 87.1 Å². The van der Waals surface area contributed by atoms with E-state index in [0.29, 0.717) is 16.7 Å². The minimum Gasteiger partial charge on any atom is -0.508 e. The fourth-order valence-corrected chi connectivity index (χ4v) is 8.45. The molecule has 0 saturated carbocycles. The van der Waals surface area contributed by atoms with Crippen molar-refractivity contribution >= 4 is 77.1 Å². The summed E-state index contributed by atoms with van der Waals surface area (Å²) < 4.78 is 0. The number of nitrogens with zero attached hydrogens (tertiary/aromatic N) is 3. The first kappa shape index (κ1) is 72.2. The van der Waals surface area contributed by atoms with Crippen LogP contribution in [0.5, 0.6) is 5.75 Å². The van der Waals surface area contributed by atoms with E-state index in [9.17, 15) is 68.4 Å². The molecule has 26 N–H and O–H groups in total. The van der Waals surface area contributed by atoms with E-state index in [0.717, 1.165) is 0 Å². The highest BCUT2D eigenvalue weighted by molar-refractivity contribution is 5.98. The molecule has 0 bridgehead atoms. The third-order valence-electron chi connectivity index (χ3n) is 13.1. The number of carbonyl (C=O) groups is 10. The fraction of sp³-hybridized carbons (Fsp3) is 0.446. The van der Waals surface area contributed by atoms with Gasteiger partial charge in [-0.3, -0.25) is 58.1 Å². The molecule has 0 aliphatic rings. The first-order valence-corrected chi connectivity index (χ1v) is 28.0. The Bertz CT molecular complexity index is 2890. The van der Waals surface area contributed by atoms with Crippen molar-refractivity contribution in [2.75, 3.05) is 26.2 Å². The first-order chi connectivity index (χ1) is 41.8. The lowest BCUT2D eigenvalue weighted by molar-refractivity contribution is -0.143. The second-order valence-electron chi connectivity index (χ2n) is 20.3. The number of carboxylic acid groups (broad SMARTS) is 2. The summed E-state index contributed by atoms with van der Waals surface area (Å²) in [6.07, 6.45) is -1.84. The molecule has 0 saturated heterocycles.